The number of pyridine rings is 1. The van der Waals surface area contributed by atoms with Crippen LogP contribution in [0.2, 0.25) is 0 Å². The van der Waals surface area contributed by atoms with Crippen LogP contribution in [0.25, 0.3) is 0 Å². The molecular formula is C11H12N4O2. The monoisotopic (exact) mass is 232 g/mol. The lowest BCUT2D eigenvalue weighted by Crippen LogP contribution is -2.40. The van der Waals surface area contributed by atoms with Gasteiger partial charge in [-0.05, 0) is 11.6 Å². The van der Waals surface area contributed by atoms with Crippen LogP contribution in [0.3, 0.4) is 0 Å². The van der Waals surface area contributed by atoms with Crippen molar-refractivity contribution in [1.82, 2.24) is 15.2 Å². The summed E-state index contributed by atoms with van der Waals surface area (Å²) in [5.74, 6) is -1.46. The fourth-order valence-electron chi connectivity index (χ4n) is 1.21. The molecule has 0 atom stereocenters. The molecule has 0 aliphatic rings. The van der Waals surface area contributed by atoms with Gasteiger partial charge in [-0.1, -0.05) is 6.07 Å². The van der Waals surface area contributed by atoms with Gasteiger partial charge in [-0.15, -0.1) is 0 Å². The minimum atomic E-state index is -0.780. The lowest BCUT2D eigenvalue weighted by atomic mass is 10.2. The van der Waals surface area contributed by atoms with Crippen LogP contribution >= 0.6 is 0 Å². The SMILES string of the molecule is CN(Cc1cccnc1)C(=O)C(=O)NCC#N. The number of carbonyl (C=O) groups is 2. The molecule has 0 aliphatic heterocycles. The van der Waals surface area contributed by atoms with Gasteiger partial charge in [0.15, 0.2) is 0 Å². The van der Waals surface area contributed by atoms with Gasteiger partial charge < -0.3 is 10.2 Å². The second-order valence-corrected chi connectivity index (χ2v) is 3.36. The molecule has 0 aromatic carbocycles. The molecule has 88 valence electrons. The van der Waals surface area contributed by atoms with Gasteiger partial charge in [-0.2, -0.15) is 5.26 Å². The predicted molar refractivity (Wildman–Crippen MR) is 59.3 cm³/mol. The first-order valence-corrected chi connectivity index (χ1v) is 4.94. The van der Waals surface area contributed by atoms with Crippen LogP contribution in [0.1, 0.15) is 5.56 Å². The third-order valence-electron chi connectivity index (χ3n) is 2.01. The Morgan fingerprint density at radius 1 is 1.59 bits per heavy atom. The van der Waals surface area contributed by atoms with E-state index in [1.54, 1.807) is 24.5 Å². The maximum Gasteiger partial charge on any atom is 0.311 e. The van der Waals surface area contributed by atoms with E-state index in [2.05, 4.69) is 10.3 Å². The van der Waals surface area contributed by atoms with Crippen molar-refractivity contribution in [2.45, 2.75) is 6.54 Å². The topological polar surface area (TPSA) is 86.1 Å². The molecule has 0 bridgehead atoms. The Labute approximate surface area is 98.9 Å². The highest BCUT2D eigenvalue weighted by molar-refractivity contribution is 6.34. The first-order valence-electron chi connectivity index (χ1n) is 4.94. The maximum atomic E-state index is 11.5. The van der Waals surface area contributed by atoms with E-state index >= 15 is 0 Å². The van der Waals surface area contributed by atoms with E-state index in [1.807, 2.05) is 6.07 Å². The molecule has 17 heavy (non-hydrogen) atoms. The Kier molecular flexibility index (Phi) is 4.63. The van der Waals surface area contributed by atoms with E-state index in [0.29, 0.717) is 6.54 Å². The minimum absolute atomic E-state index is 0.175. The average Bonchev–Trinajstić information content (AvgIpc) is 2.36. The Bertz CT molecular complexity index is 439. The van der Waals surface area contributed by atoms with Crippen molar-refractivity contribution < 1.29 is 9.59 Å². The van der Waals surface area contributed by atoms with Gasteiger partial charge >= 0.3 is 11.8 Å². The third kappa shape index (κ3) is 3.91. The van der Waals surface area contributed by atoms with E-state index in [9.17, 15) is 9.59 Å². The van der Waals surface area contributed by atoms with Crippen molar-refractivity contribution in [1.29, 1.82) is 5.26 Å². The molecule has 6 nitrogen and oxygen atoms in total. The zero-order valence-electron chi connectivity index (χ0n) is 9.38. The summed E-state index contributed by atoms with van der Waals surface area (Å²) in [7, 11) is 1.52. The van der Waals surface area contributed by atoms with Gasteiger partial charge in [0.05, 0.1) is 6.07 Å². The number of nitrogens with one attached hydrogen (secondary N) is 1. The first kappa shape index (κ1) is 12.6. The van der Waals surface area contributed by atoms with Crippen molar-refractivity contribution in [2.75, 3.05) is 13.6 Å². The molecule has 0 unspecified atom stereocenters. The number of aromatic nitrogens is 1. The van der Waals surface area contributed by atoms with Gasteiger partial charge in [0.1, 0.15) is 6.54 Å². The zero-order chi connectivity index (χ0) is 12.7. The fraction of sp³-hybridized carbons (Fsp3) is 0.273. The number of nitriles is 1. The van der Waals surface area contributed by atoms with Crippen molar-refractivity contribution in [3.05, 3.63) is 30.1 Å². The molecule has 1 rings (SSSR count). The molecule has 0 aliphatic carbocycles. The maximum absolute atomic E-state index is 11.5. The van der Waals surface area contributed by atoms with Crippen LogP contribution in [0.15, 0.2) is 24.5 Å². The smallest absolute Gasteiger partial charge is 0.311 e. The highest BCUT2D eigenvalue weighted by Gasteiger charge is 2.17. The summed E-state index contributed by atoms with van der Waals surface area (Å²) in [6.45, 7) is 0.123. The molecule has 1 N–H and O–H groups in total. The molecule has 0 radical (unpaired) electrons. The van der Waals surface area contributed by atoms with E-state index in [0.717, 1.165) is 5.56 Å². The Morgan fingerprint density at radius 2 is 2.35 bits per heavy atom. The van der Waals surface area contributed by atoms with Crippen molar-refractivity contribution >= 4 is 11.8 Å². The number of hydrogen-bond donors (Lipinski definition) is 1. The summed E-state index contributed by atoms with van der Waals surface area (Å²) in [6.07, 6.45) is 3.25. The zero-order valence-corrected chi connectivity index (χ0v) is 9.38. The molecule has 0 saturated heterocycles. The largest absolute Gasteiger partial charge is 0.335 e. The van der Waals surface area contributed by atoms with E-state index < -0.39 is 11.8 Å². The number of rotatable bonds is 3. The summed E-state index contributed by atoms with van der Waals surface area (Å²) in [5.41, 5.74) is 0.830. The number of amides is 2. The quantitative estimate of drug-likeness (QED) is 0.571. The van der Waals surface area contributed by atoms with Crippen LogP contribution in [0.5, 0.6) is 0 Å². The molecular weight excluding hydrogens is 220 g/mol. The lowest BCUT2D eigenvalue weighted by Gasteiger charge is -2.15. The summed E-state index contributed by atoms with van der Waals surface area (Å²) in [6, 6.07) is 5.29. The molecule has 1 heterocycles. The van der Waals surface area contributed by atoms with Crippen molar-refractivity contribution in [2.24, 2.45) is 0 Å². The summed E-state index contributed by atoms with van der Waals surface area (Å²) in [5, 5.41) is 10.5. The normalized spacial score (nSPS) is 9.18. The van der Waals surface area contributed by atoms with Crippen LogP contribution in [0.4, 0.5) is 0 Å². The molecule has 0 spiro atoms. The second-order valence-electron chi connectivity index (χ2n) is 3.36. The molecule has 0 saturated carbocycles. The molecule has 1 aromatic rings. The lowest BCUT2D eigenvalue weighted by molar-refractivity contribution is -0.145. The number of hydrogen-bond acceptors (Lipinski definition) is 4. The average molecular weight is 232 g/mol. The van der Waals surface area contributed by atoms with E-state index in [4.69, 9.17) is 5.26 Å². The molecule has 0 fully saturated rings. The van der Waals surface area contributed by atoms with Crippen molar-refractivity contribution in [3.8, 4) is 6.07 Å². The summed E-state index contributed by atoms with van der Waals surface area (Å²) < 4.78 is 0. The summed E-state index contributed by atoms with van der Waals surface area (Å²) >= 11 is 0. The standard InChI is InChI=1S/C11H12N4O2/c1-15(8-9-3-2-5-13-7-9)11(17)10(16)14-6-4-12/h2-3,5,7H,6,8H2,1H3,(H,14,16). The first-order chi connectivity index (χ1) is 8.15. The van der Waals surface area contributed by atoms with Gasteiger partial charge in [0.2, 0.25) is 0 Å². The number of nitrogens with zero attached hydrogens (tertiary/aromatic N) is 3. The molecule has 2 amide bonds. The number of carbonyl (C=O) groups excluding carboxylic acids is 2. The van der Waals surface area contributed by atoms with E-state index in [-0.39, 0.29) is 6.54 Å². The van der Waals surface area contributed by atoms with Gasteiger partial charge in [0, 0.05) is 26.0 Å². The van der Waals surface area contributed by atoms with Gasteiger partial charge in [-0.3, -0.25) is 14.6 Å². The van der Waals surface area contributed by atoms with E-state index in [1.165, 1.54) is 11.9 Å². The van der Waals surface area contributed by atoms with Crippen molar-refractivity contribution in [3.63, 3.8) is 0 Å². The van der Waals surface area contributed by atoms with Crippen LogP contribution in [-0.4, -0.2) is 35.3 Å². The Balaban J connectivity index is 2.53. The fourth-order valence-corrected chi connectivity index (χ4v) is 1.21. The molecule has 1 aromatic heterocycles. The highest BCUT2D eigenvalue weighted by Crippen LogP contribution is 2.00. The second kappa shape index (κ2) is 6.23. The summed E-state index contributed by atoms with van der Waals surface area (Å²) in [4.78, 5) is 28.0. The van der Waals surface area contributed by atoms with Crippen LogP contribution in [0, 0.1) is 11.3 Å². The van der Waals surface area contributed by atoms with Crippen LogP contribution < -0.4 is 5.32 Å². The van der Waals surface area contributed by atoms with Crippen LogP contribution in [-0.2, 0) is 16.1 Å². The van der Waals surface area contributed by atoms with Gasteiger partial charge in [0.25, 0.3) is 0 Å². The predicted octanol–water partition coefficient (Wildman–Crippen LogP) is -0.320. The Hall–Kier alpha value is -2.42. The minimum Gasteiger partial charge on any atom is -0.335 e. The van der Waals surface area contributed by atoms with Gasteiger partial charge in [-0.25, -0.2) is 0 Å². The Morgan fingerprint density at radius 3 is 2.94 bits per heavy atom. The number of likely N-dealkylation sites (N-methyl/N-ethyl adjacent to an activating group) is 1. The molecule has 6 heteroatoms. The highest BCUT2D eigenvalue weighted by atomic mass is 16.2. The third-order valence-corrected chi connectivity index (χ3v) is 2.01.